The number of ether oxygens (including phenoxy) is 3. The van der Waals surface area contributed by atoms with Gasteiger partial charge in [0.15, 0.2) is 0 Å². The van der Waals surface area contributed by atoms with Crippen LogP contribution in [0.25, 0.3) is 0 Å². The summed E-state index contributed by atoms with van der Waals surface area (Å²) in [6.07, 6.45) is 1.95. The van der Waals surface area contributed by atoms with E-state index in [-0.39, 0.29) is 0 Å². The van der Waals surface area contributed by atoms with Gasteiger partial charge in [-0.15, -0.1) is 0 Å². The van der Waals surface area contributed by atoms with Gasteiger partial charge in [0.25, 0.3) is 0 Å². The summed E-state index contributed by atoms with van der Waals surface area (Å²) in [6, 6.07) is 1.63. The zero-order valence-electron chi connectivity index (χ0n) is 11.2. The van der Waals surface area contributed by atoms with E-state index in [9.17, 15) is 0 Å². The molecule has 0 radical (unpaired) electrons. The van der Waals surface area contributed by atoms with E-state index in [1.54, 1.807) is 20.3 Å². The highest BCUT2D eigenvalue weighted by atomic mass is 16.5. The largest absolute Gasteiger partial charge is 0.481 e. The van der Waals surface area contributed by atoms with Crippen LogP contribution in [-0.2, 0) is 4.74 Å². The Morgan fingerprint density at radius 2 is 1.78 bits per heavy atom. The van der Waals surface area contributed by atoms with E-state index in [1.807, 2.05) is 0 Å². The Labute approximate surface area is 108 Å². The third-order valence-electron chi connectivity index (χ3n) is 2.19. The van der Waals surface area contributed by atoms with Gasteiger partial charge in [0.05, 0.1) is 20.3 Å². The molecule has 1 aromatic heterocycles. The molecule has 0 aliphatic rings. The minimum atomic E-state index is 0.478. The van der Waals surface area contributed by atoms with E-state index in [2.05, 4.69) is 22.2 Å². The van der Waals surface area contributed by atoms with Gasteiger partial charge in [-0.3, -0.25) is 0 Å². The maximum Gasteiger partial charge on any atom is 0.229 e. The van der Waals surface area contributed by atoms with E-state index in [4.69, 9.17) is 14.2 Å². The molecule has 0 atom stereocenters. The first-order valence-electron chi connectivity index (χ1n) is 6.08. The van der Waals surface area contributed by atoms with Crippen LogP contribution >= 0.6 is 0 Å². The Balaban J connectivity index is 2.36. The topological polar surface area (TPSA) is 65.5 Å². The van der Waals surface area contributed by atoms with Crippen LogP contribution in [0.5, 0.6) is 11.8 Å². The minimum Gasteiger partial charge on any atom is -0.481 e. The van der Waals surface area contributed by atoms with Gasteiger partial charge in [-0.1, -0.05) is 6.92 Å². The molecule has 0 aliphatic carbocycles. The van der Waals surface area contributed by atoms with Gasteiger partial charge in [-0.25, -0.2) is 0 Å². The van der Waals surface area contributed by atoms with Gasteiger partial charge >= 0.3 is 0 Å². The van der Waals surface area contributed by atoms with Crippen molar-refractivity contribution in [3.8, 4) is 11.8 Å². The van der Waals surface area contributed by atoms with E-state index < -0.39 is 0 Å². The second-order valence-corrected chi connectivity index (χ2v) is 3.67. The van der Waals surface area contributed by atoms with E-state index in [0.29, 0.717) is 17.7 Å². The second kappa shape index (κ2) is 8.52. The van der Waals surface area contributed by atoms with Gasteiger partial charge in [-0.05, 0) is 12.8 Å². The highest BCUT2D eigenvalue weighted by Crippen LogP contribution is 2.16. The van der Waals surface area contributed by atoms with Crippen LogP contribution in [0.15, 0.2) is 6.07 Å². The van der Waals surface area contributed by atoms with Gasteiger partial charge in [0.1, 0.15) is 0 Å². The minimum absolute atomic E-state index is 0.478. The fraction of sp³-hybridized carbons (Fsp3) is 0.667. The number of aromatic nitrogens is 2. The van der Waals surface area contributed by atoms with Crippen LogP contribution in [-0.4, -0.2) is 43.9 Å². The van der Waals surface area contributed by atoms with Crippen molar-refractivity contribution in [3.05, 3.63) is 6.07 Å². The molecule has 0 bridgehead atoms. The van der Waals surface area contributed by atoms with Crippen LogP contribution in [0.3, 0.4) is 0 Å². The lowest BCUT2D eigenvalue weighted by Crippen LogP contribution is -2.09. The van der Waals surface area contributed by atoms with E-state index in [1.165, 1.54) is 0 Å². The average molecular weight is 255 g/mol. The third-order valence-corrected chi connectivity index (χ3v) is 2.19. The molecule has 18 heavy (non-hydrogen) atoms. The second-order valence-electron chi connectivity index (χ2n) is 3.67. The molecule has 0 saturated heterocycles. The lowest BCUT2D eigenvalue weighted by molar-refractivity contribution is 0.134. The van der Waals surface area contributed by atoms with Crippen LogP contribution in [0.4, 0.5) is 5.95 Å². The number of anilines is 1. The number of rotatable bonds is 9. The predicted molar refractivity (Wildman–Crippen MR) is 69.4 cm³/mol. The standard InChI is InChI=1S/C12H21N3O3/c1-4-7-18-8-5-6-13-12-14-10(16-2)9-11(15-12)17-3/h9H,4-8H2,1-3H3,(H,13,14,15). The summed E-state index contributed by atoms with van der Waals surface area (Å²) in [5, 5.41) is 3.11. The smallest absolute Gasteiger partial charge is 0.229 e. The number of nitrogens with one attached hydrogen (secondary N) is 1. The lowest BCUT2D eigenvalue weighted by Gasteiger charge is -2.08. The summed E-state index contributed by atoms with van der Waals surface area (Å²) in [5.74, 6) is 1.46. The Hall–Kier alpha value is -1.56. The molecule has 6 heteroatoms. The SMILES string of the molecule is CCCOCCCNc1nc(OC)cc(OC)n1. The zero-order chi connectivity index (χ0) is 13.2. The monoisotopic (exact) mass is 255 g/mol. The molecule has 1 rings (SSSR count). The molecule has 6 nitrogen and oxygen atoms in total. The summed E-state index contributed by atoms with van der Waals surface area (Å²) in [4.78, 5) is 8.34. The molecule has 0 aliphatic heterocycles. The van der Waals surface area contributed by atoms with Gasteiger partial charge in [0, 0.05) is 19.8 Å². The summed E-state index contributed by atoms with van der Waals surface area (Å²) in [5.41, 5.74) is 0. The Morgan fingerprint density at radius 1 is 1.11 bits per heavy atom. The Morgan fingerprint density at radius 3 is 2.33 bits per heavy atom. The molecule has 1 heterocycles. The number of nitrogens with zero attached hydrogens (tertiary/aromatic N) is 2. The predicted octanol–water partition coefficient (Wildman–Crippen LogP) is 1.72. The zero-order valence-corrected chi connectivity index (χ0v) is 11.2. The fourth-order valence-electron chi connectivity index (χ4n) is 1.31. The first kappa shape index (κ1) is 14.5. The van der Waals surface area contributed by atoms with E-state index in [0.717, 1.165) is 32.6 Å². The first-order valence-corrected chi connectivity index (χ1v) is 6.08. The van der Waals surface area contributed by atoms with Crippen molar-refractivity contribution in [3.63, 3.8) is 0 Å². The van der Waals surface area contributed by atoms with Crippen molar-refractivity contribution in [1.29, 1.82) is 0 Å². The first-order chi connectivity index (χ1) is 8.80. The molecule has 1 N–H and O–H groups in total. The van der Waals surface area contributed by atoms with Gasteiger partial charge in [0.2, 0.25) is 17.7 Å². The van der Waals surface area contributed by atoms with Crippen LogP contribution in [0, 0.1) is 0 Å². The maximum atomic E-state index is 5.38. The number of hydrogen-bond donors (Lipinski definition) is 1. The molecule has 0 aromatic carbocycles. The summed E-state index contributed by atoms with van der Waals surface area (Å²) >= 11 is 0. The normalized spacial score (nSPS) is 10.2. The molecule has 0 saturated carbocycles. The van der Waals surface area contributed by atoms with Gasteiger partial charge in [-0.2, -0.15) is 9.97 Å². The Kier molecular flexibility index (Phi) is 6.86. The molecule has 1 aromatic rings. The molecular weight excluding hydrogens is 234 g/mol. The van der Waals surface area contributed by atoms with Crippen molar-refractivity contribution >= 4 is 5.95 Å². The lowest BCUT2D eigenvalue weighted by atomic mass is 10.4. The summed E-state index contributed by atoms with van der Waals surface area (Å²) in [6.45, 7) is 4.39. The number of hydrogen-bond acceptors (Lipinski definition) is 6. The van der Waals surface area contributed by atoms with Crippen molar-refractivity contribution in [2.75, 3.05) is 39.3 Å². The summed E-state index contributed by atoms with van der Waals surface area (Å²) in [7, 11) is 3.12. The maximum absolute atomic E-state index is 5.38. The fourth-order valence-corrected chi connectivity index (χ4v) is 1.31. The summed E-state index contributed by atoms with van der Waals surface area (Å²) < 4.78 is 15.5. The molecule has 0 amide bonds. The molecule has 0 spiro atoms. The molecule has 0 unspecified atom stereocenters. The molecular formula is C12H21N3O3. The van der Waals surface area contributed by atoms with Crippen molar-refractivity contribution in [2.45, 2.75) is 19.8 Å². The number of methoxy groups -OCH3 is 2. The highest BCUT2D eigenvalue weighted by molar-refractivity contribution is 5.33. The quantitative estimate of drug-likeness (QED) is 0.678. The Bertz CT molecular complexity index is 325. The van der Waals surface area contributed by atoms with Crippen molar-refractivity contribution < 1.29 is 14.2 Å². The highest BCUT2D eigenvalue weighted by Gasteiger charge is 2.04. The molecule has 0 fully saturated rings. The van der Waals surface area contributed by atoms with Crippen LogP contribution < -0.4 is 14.8 Å². The molecule has 102 valence electrons. The van der Waals surface area contributed by atoms with E-state index >= 15 is 0 Å². The average Bonchev–Trinajstić information content (AvgIpc) is 2.42. The van der Waals surface area contributed by atoms with Crippen LogP contribution in [0.2, 0.25) is 0 Å². The van der Waals surface area contributed by atoms with Crippen molar-refractivity contribution in [1.82, 2.24) is 9.97 Å². The van der Waals surface area contributed by atoms with Crippen molar-refractivity contribution in [2.24, 2.45) is 0 Å². The third kappa shape index (κ3) is 5.18. The van der Waals surface area contributed by atoms with Crippen LogP contribution in [0.1, 0.15) is 19.8 Å². The van der Waals surface area contributed by atoms with Gasteiger partial charge < -0.3 is 19.5 Å².